The minimum Gasteiger partial charge on any atom is -0.453 e. The van der Waals surface area contributed by atoms with E-state index in [2.05, 4.69) is 27.1 Å². The zero-order chi connectivity index (χ0) is 18.9. The van der Waals surface area contributed by atoms with Crippen molar-refractivity contribution < 1.29 is 4.42 Å². The van der Waals surface area contributed by atoms with E-state index in [4.69, 9.17) is 16.0 Å². The molecule has 5 heteroatoms. The van der Waals surface area contributed by atoms with Crippen LogP contribution >= 0.6 is 11.6 Å². The quantitative estimate of drug-likeness (QED) is 0.368. The summed E-state index contributed by atoms with van der Waals surface area (Å²) in [4.78, 5) is 13.1. The van der Waals surface area contributed by atoms with Crippen molar-refractivity contribution in [2.75, 3.05) is 0 Å². The zero-order valence-corrected chi connectivity index (χ0v) is 15.5. The van der Waals surface area contributed by atoms with Gasteiger partial charge in [0.15, 0.2) is 11.6 Å². The summed E-state index contributed by atoms with van der Waals surface area (Å²) in [6, 6.07) is 27.9. The van der Waals surface area contributed by atoms with Gasteiger partial charge in [0.2, 0.25) is 11.1 Å². The average Bonchev–Trinajstić information content (AvgIpc) is 3.19. The fraction of sp³-hybridized carbons (Fsp3) is 0. The average molecular weight is 384 g/mol. The maximum atomic E-state index is 6.17. The first-order valence-electron chi connectivity index (χ1n) is 8.83. The number of halogens is 1. The maximum Gasteiger partial charge on any atom is 0.226 e. The fourth-order valence-corrected chi connectivity index (χ4v) is 3.28. The first-order valence-corrected chi connectivity index (χ1v) is 9.20. The lowest BCUT2D eigenvalue weighted by Crippen LogP contribution is -1.96. The summed E-state index contributed by atoms with van der Waals surface area (Å²) in [6.07, 6.45) is 0. The molecule has 0 saturated heterocycles. The summed E-state index contributed by atoms with van der Waals surface area (Å²) in [5.41, 5.74) is 3.93. The number of furan rings is 1. The molecule has 0 aliphatic rings. The van der Waals surface area contributed by atoms with Crippen LogP contribution in [0.4, 0.5) is 0 Å². The number of benzene rings is 3. The highest BCUT2D eigenvalue weighted by Gasteiger charge is 2.13. The number of aromatic nitrogens is 3. The van der Waals surface area contributed by atoms with E-state index in [1.807, 2.05) is 72.8 Å². The van der Waals surface area contributed by atoms with Crippen molar-refractivity contribution in [2.24, 2.45) is 0 Å². The van der Waals surface area contributed by atoms with Gasteiger partial charge in [-0.1, -0.05) is 72.8 Å². The molecule has 3 aromatic carbocycles. The van der Waals surface area contributed by atoms with E-state index >= 15 is 0 Å². The first kappa shape index (κ1) is 16.7. The van der Waals surface area contributed by atoms with Crippen molar-refractivity contribution in [3.8, 4) is 34.1 Å². The number of fused-ring (bicyclic) bond motifs is 1. The second-order valence-corrected chi connectivity index (χ2v) is 6.68. The molecule has 28 heavy (non-hydrogen) atoms. The topological polar surface area (TPSA) is 51.8 Å². The van der Waals surface area contributed by atoms with Crippen LogP contribution in [-0.2, 0) is 0 Å². The molecule has 0 bridgehead atoms. The molecule has 0 amide bonds. The molecule has 0 radical (unpaired) electrons. The molecular formula is C23H14ClN3O. The van der Waals surface area contributed by atoms with Crippen molar-refractivity contribution in [3.63, 3.8) is 0 Å². The third kappa shape index (κ3) is 3.15. The highest BCUT2D eigenvalue weighted by molar-refractivity contribution is 6.28. The lowest BCUT2D eigenvalue weighted by Gasteiger charge is -2.05. The monoisotopic (exact) mass is 383 g/mol. The largest absolute Gasteiger partial charge is 0.453 e. The van der Waals surface area contributed by atoms with Gasteiger partial charge in [0.25, 0.3) is 0 Å². The Morgan fingerprint density at radius 1 is 0.607 bits per heavy atom. The summed E-state index contributed by atoms with van der Waals surface area (Å²) >= 11 is 6.17. The van der Waals surface area contributed by atoms with E-state index in [0.717, 1.165) is 27.7 Å². The molecule has 5 rings (SSSR count). The normalized spacial score (nSPS) is 11.0. The Hall–Kier alpha value is -3.50. The molecule has 0 spiro atoms. The molecule has 2 aromatic heterocycles. The summed E-state index contributed by atoms with van der Waals surface area (Å²) in [5.74, 6) is 1.49. The molecule has 2 heterocycles. The van der Waals surface area contributed by atoms with Crippen LogP contribution in [0.15, 0.2) is 89.3 Å². The van der Waals surface area contributed by atoms with Gasteiger partial charge in [-0.25, -0.2) is 4.98 Å². The SMILES string of the molecule is Clc1nc(-c2ccc(-c3ccccc3)cc2)nc(-c2cc3ccccc3o2)n1. The second kappa shape index (κ2) is 6.91. The Balaban J connectivity index is 1.54. The highest BCUT2D eigenvalue weighted by atomic mass is 35.5. The van der Waals surface area contributed by atoms with Gasteiger partial charge in [0, 0.05) is 10.9 Å². The smallest absolute Gasteiger partial charge is 0.226 e. The fourth-order valence-electron chi connectivity index (χ4n) is 3.12. The predicted octanol–water partition coefficient (Wildman–Crippen LogP) is 6.27. The standard InChI is InChI=1S/C23H14ClN3O/c24-23-26-21(17-12-10-16(11-13-17)15-6-2-1-3-7-15)25-22(27-23)20-14-18-8-4-5-9-19(18)28-20/h1-14H. The predicted molar refractivity (Wildman–Crippen MR) is 111 cm³/mol. The van der Waals surface area contributed by atoms with Crippen LogP contribution < -0.4 is 0 Å². The number of nitrogens with zero attached hydrogens (tertiary/aromatic N) is 3. The van der Waals surface area contributed by atoms with Gasteiger partial charge in [-0.2, -0.15) is 9.97 Å². The number of hydrogen-bond acceptors (Lipinski definition) is 4. The molecule has 134 valence electrons. The van der Waals surface area contributed by atoms with Gasteiger partial charge < -0.3 is 4.42 Å². The van der Waals surface area contributed by atoms with Gasteiger partial charge in [0.1, 0.15) is 5.58 Å². The van der Waals surface area contributed by atoms with E-state index in [1.165, 1.54) is 0 Å². The third-order valence-electron chi connectivity index (χ3n) is 4.50. The lowest BCUT2D eigenvalue weighted by atomic mass is 10.0. The van der Waals surface area contributed by atoms with Crippen molar-refractivity contribution in [1.29, 1.82) is 0 Å². The molecule has 0 saturated carbocycles. The lowest BCUT2D eigenvalue weighted by molar-refractivity contribution is 0.624. The van der Waals surface area contributed by atoms with Crippen molar-refractivity contribution in [1.82, 2.24) is 15.0 Å². The van der Waals surface area contributed by atoms with Crippen LogP contribution in [0.2, 0.25) is 5.28 Å². The summed E-state index contributed by atoms with van der Waals surface area (Å²) in [5, 5.41) is 1.12. The van der Waals surface area contributed by atoms with Gasteiger partial charge >= 0.3 is 0 Å². The van der Waals surface area contributed by atoms with Crippen molar-refractivity contribution in [3.05, 3.63) is 90.2 Å². The molecular weight excluding hydrogens is 370 g/mol. The Bertz CT molecular complexity index is 1230. The molecule has 0 fully saturated rings. The van der Waals surface area contributed by atoms with Crippen LogP contribution in [0.25, 0.3) is 45.1 Å². The number of rotatable bonds is 3. The van der Waals surface area contributed by atoms with Gasteiger partial charge in [0.05, 0.1) is 0 Å². The van der Waals surface area contributed by atoms with Crippen LogP contribution in [0, 0.1) is 0 Å². The Morgan fingerprint density at radius 2 is 1.25 bits per heavy atom. The molecule has 0 atom stereocenters. The van der Waals surface area contributed by atoms with Crippen LogP contribution in [0.5, 0.6) is 0 Å². The van der Waals surface area contributed by atoms with Crippen molar-refractivity contribution >= 4 is 22.6 Å². The number of hydrogen-bond donors (Lipinski definition) is 0. The highest BCUT2D eigenvalue weighted by Crippen LogP contribution is 2.28. The molecule has 0 N–H and O–H groups in total. The van der Waals surface area contributed by atoms with E-state index in [-0.39, 0.29) is 5.28 Å². The van der Waals surface area contributed by atoms with E-state index in [1.54, 1.807) is 0 Å². The van der Waals surface area contributed by atoms with E-state index < -0.39 is 0 Å². The minimum absolute atomic E-state index is 0.132. The van der Waals surface area contributed by atoms with E-state index in [9.17, 15) is 0 Å². The summed E-state index contributed by atoms with van der Waals surface area (Å²) in [7, 11) is 0. The molecule has 0 unspecified atom stereocenters. The number of para-hydroxylation sites is 1. The summed E-state index contributed by atoms with van der Waals surface area (Å²) in [6.45, 7) is 0. The van der Waals surface area contributed by atoms with E-state index in [0.29, 0.717) is 17.4 Å². The Kier molecular flexibility index (Phi) is 4.11. The Labute approximate surface area is 166 Å². The minimum atomic E-state index is 0.132. The summed E-state index contributed by atoms with van der Waals surface area (Å²) < 4.78 is 5.87. The second-order valence-electron chi connectivity index (χ2n) is 6.34. The zero-order valence-electron chi connectivity index (χ0n) is 14.7. The van der Waals surface area contributed by atoms with Crippen LogP contribution in [0.3, 0.4) is 0 Å². The molecule has 5 aromatic rings. The van der Waals surface area contributed by atoms with Crippen LogP contribution in [-0.4, -0.2) is 15.0 Å². The van der Waals surface area contributed by atoms with Crippen LogP contribution in [0.1, 0.15) is 0 Å². The molecule has 0 aliphatic carbocycles. The van der Waals surface area contributed by atoms with Gasteiger partial charge in [-0.15, -0.1) is 0 Å². The molecule has 4 nitrogen and oxygen atoms in total. The van der Waals surface area contributed by atoms with Crippen molar-refractivity contribution in [2.45, 2.75) is 0 Å². The van der Waals surface area contributed by atoms with Gasteiger partial charge in [-0.05, 0) is 34.9 Å². The Morgan fingerprint density at radius 3 is 2.04 bits per heavy atom. The van der Waals surface area contributed by atoms with Gasteiger partial charge in [-0.3, -0.25) is 0 Å². The molecule has 0 aliphatic heterocycles. The first-order chi connectivity index (χ1) is 13.8. The third-order valence-corrected chi connectivity index (χ3v) is 4.67. The maximum absolute atomic E-state index is 6.17.